The summed E-state index contributed by atoms with van der Waals surface area (Å²) in [6.07, 6.45) is 3.56. The van der Waals surface area contributed by atoms with Crippen LogP contribution in [0.4, 0.5) is 4.39 Å². The van der Waals surface area contributed by atoms with Crippen molar-refractivity contribution >= 4 is 35.0 Å². The Morgan fingerprint density at radius 2 is 2.19 bits per heavy atom. The number of carboxylic acids is 1. The Kier molecular flexibility index (Phi) is 6.00. The van der Waals surface area contributed by atoms with Crippen molar-refractivity contribution in [1.29, 1.82) is 0 Å². The molecule has 2 aliphatic heterocycles. The summed E-state index contributed by atoms with van der Waals surface area (Å²) in [6.45, 7) is 2.66. The van der Waals surface area contributed by atoms with E-state index in [2.05, 4.69) is 20.4 Å². The summed E-state index contributed by atoms with van der Waals surface area (Å²) in [4.78, 5) is 24.6. The number of hydrogen-bond acceptors (Lipinski definition) is 6. The molecule has 0 radical (unpaired) electrons. The summed E-state index contributed by atoms with van der Waals surface area (Å²) >= 11 is 1.04. The van der Waals surface area contributed by atoms with Gasteiger partial charge in [-0.1, -0.05) is 17.8 Å². The molecule has 7 nitrogen and oxygen atoms in total. The Balaban J connectivity index is 1.68. The monoisotopic (exact) mass is 378 g/mol. The molecule has 2 fully saturated rings. The molecule has 0 spiro atoms. The van der Waals surface area contributed by atoms with Gasteiger partial charge in [0.15, 0.2) is 5.17 Å². The summed E-state index contributed by atoms with van der Waals surface area (Å²) < 4.78 is 13.6. The van der Waals surface area contributed by atoms with Crippen molar-refractivity contribution in [2.24, 2.45) is 10.2 Å². The lowest BCUT2D eigenvalue weighted by Gasteiger charge is -2.16. The molecule has 1 atom stereocenters. The van der Waals surface area contributed by atoms with Crippen LogP contribution in [-0.4, -0.2) is 51.6 Å². The maximum Gasteiger partial charge on any atom is 0.305 e. The van der Waals surface area contributed by atoms with Crippen LogP contribution in [0.1, 0.15) is 30.4 Å². The number of thioether (sulfide) groups is 1. The van der Waals surface area contributed by atoms with E-state index in [1.807, 2.05) is 0 Å². The fourth-order valence-electron chi connectivity index (χ4n) is 2.91. The molecule has 9 heteroatoms. The summed E-state index contributed by atoms with van der Waals surface area (Å²) in [5, 5.41) is 18.8. The first-order chi connectivity index (χ1) is 12.5. The molecule has 1 aromatic carbocycles. The van der Waals surface area contributed by atoms with E-state index in [4.69, 9.17) is 5.11 Å². The number of carboxylic acid groups (broad SMARTS) is 1. The van der Waals surface area contributed by atoms with Crippen LogP contribution in [0.5, 0.6) is 0 Å². The standard InChI is InChI=1S/C17H19FN4O3S/c18-13-4-3-11(12(7-13)10-22-5-1-2-6-22)9-19-21-17-20-16(25)14(26-17)8-15(23)24/h3-4,7,9,14H,1-2,5-6,8,10H2,(H,23,24)(H,20,21,25). The lowest BCUT2D eigenvalue weighted by molar-refractivity contribution is -0.138. The zero-order chi connectivity index (χ0) is 18.5. The number of carbonyl (C=O) groups is 2. The van der Waals surface area contributed by atoms with Gasteiger partial charge in [0.1, 0.15) is 11.1 Å². The number of halogens is 1. The van der Waals surface area contributed by atoms with Crippen molar-refractivity contribution in [2.75, 3.05) is 13.1 Å². The van der Waals surface area contributed by atoms with Crippen LogP contribution in [0.25, 0.3) is 0 Å². The molecule has 3 rings (SSSR count). The van der Waals surface area contributed by atoms with Gasteiger partial charge in [0, 0.05) is 6.54 Å². The number of benzene rings is 1. The number of amidine groups is 1. The molecule has 1 amide bonds. The van der Waals surface area contributed by atoms with E-state index >= 15 is 0 Å². The number of likely N-dealkylation sites (tertiary alicyclic amines) is 1. The third kappa shape index (κ3) is 4.89. The number of nitrogens with zero attached hydrogens (tertiary/aromatic N) is 3. The van der Waals surface area contributed by atoms with Gasteiger partial charge in [-0.15, -0.1) is 5.10 Å². The quantitative estimate of drug-likeness (QED) is 0.582. The first-order valence-corrected chi connectivity index (χ1v) is 9.20. The zero-order valence-corrected chi connectivity index (χ0v) is 14.8. The van der Waals surface area contributed by atoms with Crippen LogP contribution in [-0.2, 0) is 16.1 Å². The fraction of sp³-hybridized carbons (Fsp3) is 0.412. The third-order valence-corrected chi connectivity index (χ3v) is 5.25. The van der Waals surface area contributed by atoms with Gasteiger partial charge >= 0.3 is 5.97 Å². The number of nitrogens with one attached hydrogen (secondary N) is 1. The first kappa shape index (κ1) is 18.5. The smallest absolute Gasteiger partial charge is 0.305 e. The zero-order valence-electron chi connectivity index (χ0n) is 14.0. The molecule has 2 N–H and O–H groups in total. The normalized spacial score (nSPS) is 22.4. The molecule has 2 aliphatic rings. The maximum absolute atomic E-state index is 13.6. The first-order valence-electron chi connectivity index (χ1n) is 8.32. The molecule has 1 unspecified atom stereocenters. The molecular formula is C17H19FN4O3S. The molecule has 0 saturated carbocycles. The lowest BCUT2D eigenvalue weighted by Crippen LogP contribution is -2.26. The third-order valence-electron chi connectivity index (χ3n) is 4.18. The molecule has 0 aromatic heterocycles. The van der Waals surface area contributed by atoms with Crippen LogP contribution in [0.15, 0.2) is 28.4 Å². The highest BCUT2D eigenvalue weighted by atomic mass is 32.2. The largest absolute Gasteiger partial charge is 0.481 e. The summed E-state index contributed by atoms with van der Waals surface area (Å²) in [7, 11) is 0. The van der Waals surface area contributed by atoms with Gasteiger partial charge in [0.05, 0.1) is 12.6 Å². The van der Waals surface area contributed by atoms with Crippen LogP contribution < -0.4 is 5.32 Å². The summed E-state index contributed by atoms with van der Waals surface area (Å²) in [5.74, 6) is -1.72. The Labute approximate surface area is 154 Å². The highest BCUT2D eigenvalue weighted by molar-refractivity contribution is 8.15. The summed E-state index contributed by atoms with van der Waals surface area (Å²) in [5.41, 5.74) is 1.60. The Morgan fingerprint density at radius 1 is 1.42 bits per heavy atom. The predicted molar refractivity (Wildman–Crippen MR) is 97.7 cm³/mol. The second-order valence-corrected chi connectivity index (χ2v) is 7.36. The average molecular weight is 378 g/mol. The van der Waals surface area contributed by atoms with E-state index in [0.717, 1.165) is 48.8 Å². The second-order valence-electron chi connectivity index (χ2n) is 6.17. The van der Waals surface area contributed by atoms with E-state index in [1.165, 1.54) is 18.3 Å². The Bertz CT molecular complexity index is 762. The van der Waals surface area contributed by atoms with Crippen LogP contribution in [0.2, 0.25) is 0 Å². The minimum atomic E-state index is -1.04. The maximum atomic E-state index is 13.6. The second kappa shape index (κ2) is 8.41. The number of rotatable bonds is 6. The van der Waals surface area contributed by atoms with Crippen molar-refractivity contribution in [2.45, 2.75) is 31.1 Å². The minimum Gasteiger partial charge on any atom is -0.481 e. The fourth-order valence-corrected chi connectivity index (χ4v) is 3.82. The van der Waals surface area contributed by atoms with Gasteiger partial charge in [-0.05, 0) is 49.2 Å². The molecule has 2 heterocycles. The van der Waals surface area contributed by atoms with Gasteiger partial charge < -0.3 is 10.4 Å². The highest BCUT2D eigenvalue weighted by Crippen LogP contribution is 2.22. The van der Waals surface area contributed by atoms with E-state index < -0.39 is 11.2 Å². The predicted octanol–water partition coefficient (Wildman–Crippen LogP) is 1.82. The van der Waals surface area contributed by atoms with Crippen LogP contribution in [0, 0.1) is 5.82 Å². The Morgan fingerprint density at radius 3 is 2.92 bits per heavy atom. The van der Waals surface area contributed by atoms with Gasteiger partial charge in [-0.2, -0.15) is 5.10 Å². The van der Waals surface area contributed by atoms with Gasteiger partial charge in [0.25, 0.3) is 0 Å². The molecular weight excluding hydrogens is 359 g/mol. The molecule has 26 heavy (non-hydrogen) atoms. The summed E-state index contributed by atoms with van der Waals surface area (Å²) in [6, 6.07) is 4.52. The number of hydrogen-bond donors (Lipinski definition) is 2. The van der Waals surface area contributed by atoms with Gasteiger partial charge in [-0.3, -0.25) is 14.5 Å². The molecule has 2 saturated heterocycles. The SMILES string of the molecule is O=C(O)CC1SC(=NN=Cc2ccc(F)cc2CN2CCCC2)NC1=O. The van der Waals surface area contributed by atoms with E-state index in [-0.39, 0.29) is 23.3 Å². The van der Waals surface area contributed by atoms with Gasteiger partial charge in [-0.25, -0.2) is 4.39 Å². The number of carbonyl (C=O) groups excluding carboxylic acids is 1. The van der Waals surface area contributed by atoms with Crippen molar-refractivity contribution in [3.63, 3.8) is 0 Å². The van der Waals surface area contributed by atoms with Crippen LogP contribution >= 0.6 is 11.8 Å². The topological polar surface area (TPSA) is 94.4 Å². The van der Waals surface area contributed by atoms with Crippen molar-refractivity contribution < 1.29 is 19.1 Å². The molecule has 1 aromatic rings. The number of amides is 1. The van der Waals surface area contributed by atoms with Crippen LogP contribution in [0.3, 0.4) is 0 Å². The molecule has 0 aliphatic carbocycles. The van der Waals surface area contributed by atoms with Crippen molar-refractivity contribution in [3.8, 4) is 0 Å². The van der Waals surface area contributed by atoms with Crippen molar-refractivity contribution in [1.82, 2.24) is 10.2 Å². The van der Waals surface area contributed by atoms with Gasteiger partial charge in [0.2, 0.25) is 5.91 Å². The minimum absolute atomic E-state index is 0.265. The molecule has 138 valence electrons. The highest BCUT2D eigenvalue weighted by Gasteiger charge is 2.32. The average Bonchev–Trinajstić information content (AvgIpc) is 3.19. The van der Waals surface area contributed by atoms with E-state index in [9.17, 15) is 14.0 Å². The molecule has 0 bridgehead atoms. The lowest BCUT2D eigenvalue weighted by atomic mass is 10.1. The van der Waals surface area contributed by atoms with E-state index in [0.29, 0.717) is 6.54 Å². The van der Waals surface area contributed by atoms with E-state index in [1.54, 1.807) is 6.07 Å². The van der Waals surface area contributed by atoms with Crippen molar-refractivity contribution in [3.05, 3.63) is 35.1 Å². The number of aliphatic carboxylic acids is 1. The Hall–Kier alpha value is -2.26.